The topological polar surface area (TPSA) is 86.7 Å². The van der Waals surface area contributed by atoms with Gasteiger partial charge in [-0.2, -0.15) is 0 Å². The van der Waals surface area contributed by atoms with Gasteiger partial charge >= 0.3 is 5.97 Å². The van der Waals surface area contributed by atoms with Crippen molar-refractivity contribution in [1.82, 2.24) is 10.2 Å². The fourth-order valence-corrected chi connectivity index (χ4v) is 2.05. The van der Waals surface area contributed by atoms with Crippen LogP contribution in [0.1, 0.15) is 10.4 Å². The number of amides is 2. The van der Waals surface area contributed by atoms with E-state index in [2.05, 4.69) is 5.32 Å². The van der Waals surface area contributed by atoms with Crippen LogP contribution in [0.25, 0.3) is 0 Å². The van der Waals surface area contributed by atoms with E-state index in [-0.39, 0.29) is 17.1 Å². The Bertz CT molecular complexity index is 593. The molecule has 1 aromatic rings. The number of halogens is 2. The summed E-state index contributed by atoms with van der Waals surface area (Å²) in [4.78, 5) is 35.4. The van der Waals surface area contributed by atoms with E-state index in [1.807, 2.05) is 0 Å². The molecule has 6 nitrogen and oxygen atoms in total. The lowest BCUT2D eigenvalue weighted by atomic mass is 10.1. The highest BCUT2D eigenvalue weighted by atomic mass is 35.5. The third-order valence-corrected chi connectivity index (χ3v) is 3.13. The first-order valence-corrected chi connectivity index (χ1v) is 6.03. The standard InChI is InChI=1S/C12H10ClFN2O4/c13-6-1-2-7(8(14)3-6)11(18)16-5-10(17)15-4-9(16)12(19)20/h1-3,9H,4-5H2,(H,15,17)(H,19,20). The monoisotopic (exact) mass is 300 g/mol. The minimum atomic E-state index is -1.27. The van der Waals surface area contributed by atoms with E-state index in [4.69, 9.17) is 16.7 Å². The highest BCUT2D eigenvalue weighted by molar-refractivity contribution is 6.30. The molecule has 20 heavy (non-hydrogen) atoms. The zero-order valence-corrected chi connectivity index (χ0v) is 10.9. The summed E-state index contributed by atoms with van der Waals surface area (Å²) in [5.74, 6) is -3.49. The van der Waals surface area contributed by atoms with Crippen LogP contribution < -0.4 is 5.32 Å². The van der Waals surface area contributed by atoms with E-state index in [0.717, 1.165) is 17.0 Å². The molecule has 0 spiro atoms. The molecule has 2 N–H and O–H groups in total. The molecule has 0 radical (unpaired) electrons. The van der Waals surface area contributed by atoms with Crippen LogP contribution in [0.3, 0.4) is 0 Å². The minimum absolute atomic E-state index is 0.116. The summed E-state index contributed by atoms with van der Waals surface area (Å²) in [5.41, 5.74) is -0.324. The Balaban J connectivity index is 2.33. The van der Waals surface area contributed by atoms with Crippen molar-refractivity contribution in [3.05, 3.63) is 34.6 Å². The van der Waals surface area contributed by atoms with Crippen LogP contribution in [0.5, 0.6) is 0 Å². The number of carboxylic acids is 1. The zero-order valence-electron chi connectivity index (χ0n) is 10.1. The number of hydrogen-bond donors (Lipinski definition) is 2. The van der Waals surface area contributed by atoms with Gasteiger partial charge in [0.1, 0.15) is 18.4 Å². The number of carbonyl (C=O) groups excluding carboxylic acids is 2. The maximum atomic E-state index is 13.7. The fourth-order valence-electron chi connectivity index (χ4n) is 1.89. The predicted octanol–water partition coefficient (Wildman–Crippen LogP) is 0.504. The van der Waals surface area contributed by atoms with Crippen molar-refractivity contribution in [2.75, 3.05) is 13.1 Å². The molecule has 1 fully saturated rings. The first kappa shape index (κ1) is 14.3. The Hall–Kier alpha value is -2.15. The van der Waals surface area contributed by atoms with Gasteiger partial charge in [0.25, 0.3) is 5.91 Å². The summed E-state index contributed by atoms with van der Waals surface area (Å²) in [6, 6.07) is 2.20. The van der Waals surface area contributed by atoms with Crippen LogP contribution in [0.4, 0.5) is 4.39 Å². The van der Waals surface area contributed by atoms with Gasteiger partial charge in [0.15, 0.2) is 0 Å². The number of carboxylic acid groups (broad SMARTS) is 1. The Labute approximate surface area is 118 Å². The molecule has 2 amide bonds. The van der Waals surface area contributed by atoms with Crippen LogP contribution in [0.2, 0.25) is 5.02 Å². The molecule has 1 heterocycles. The third-order valence-electron chi connectivity index (χ3n) is 2.89. The first-order valence-electron chi connectivity index (χ1n) is 5.65. The SMILES string of the molecule is O=C1CN(C(=O)c2ccc(Cl)cc2F)C(C(=O)O)CN1. The van der Waals surface area contributed by atoms with Gasteiger partial charge < -0.3 is 15.3 Å². The molecule has 0 aromatic heterocycles. The van der Waals surface area contributed by atoms with E-state index in [1.165, 1.54) is 6.07 Å². The molecular formula is C12H10ClFN2O4. The van der Waals surface area contributed by atoms with E-state index in [9.17, 15) is 18.8 Å². The summed E-state index contributed by atoms with van der Waals surface area (Å²) in [7, 11) is 0. The number of benzene rings is 1. The van der Waals surface area contributed by atoms with Crippen LogP contribution in [-0.2, 0) is 9.59 Å². The molecule has 1 unspecified atom stereocenters. The quantitative estimate of drug-likeness (QED) is 0.833. The Kier molecular flexibility index (Phi) is 3.89. The minimum Gasteiger partial charge on any atom is -0.480 e. The van der Waals surface area contributed by atoms with Crippen molar-refractivity contribution in [2.24, 2.45) is 0 Å². The summed E-state index contributed by atoms with van der Waals surface area (Å²) in [5, 5.41) is 11.5. The largest absolute Gasteiger partial charge is 0.480 e. The lowest BCUT2D eigenvalue weighted by Crippen LogP contribution is -2.59. The summed E-state index contributed by atoms with van der Waals surface area (Å²) in [6.07, 6.45) is 0. The molecule has 1 saturated heterocycles. The highest BCUT2D eigenvalue weighted by Gasteiger charge is 2.36. The second-order valence-corrected chi connectivity index (χ2v) is 4.65. The molecule has 0 aliphatic carbocycles. The highest BCUT2D eigenvalue weighted by Crippen LogP contribution is 2.18. The molecule has 1 aliphatic heterocycles. The molecular weight excluding hydrogens is 291 g/mol. The van der Waals surface area contributed by atoms with Gasteiger partial charge in [0.05, 0.1) is 5.56 Å². The van der Waals surface area contributed by atoms with Crippen LogP contribution in [0, 0.1) is 5.82 Å². The second kappa shape index (κ2) is 5.46. The van der Waals surface area contributed by atoms with E-state index >= 15 is 0 Å². The lowest BCUT2D eigenvalue weighted by molar-refractivity contribution is -0.144. The number of carbonyl (C=O) groups is 3. The molecule has 1 aliphatic rings. The van der Waals surface area contributed by atoms with Gasteiger partial charge in [0.2, 0.25) is 5.91 Å². The van der Waals surface area contributed by atoms with Gasteiger partial charge in [-0.1, -0.05) is 11.6 Å². The Morgan fingerprint density at radius 1 is 1.45 bits per heavy atom. The van der Waals surface area contributed by atoms with Crippen LogP contribution >= 0.6 is 11.6 Å². The van der Waals surface area contributed by atoms with Gasteiger partial charge in [-0.25, -0.2) is 9.18 Å². The predicted molar refractivity (Wildman–Crippen MR) is 66.9 cm³/mol. The summed E-state index contributed by atoms with van der Waals surface area (Å²) >= 11 is 5.59. The Morgan fingerprint density at radius 3 is 2.75 bits per heavy atom. The van der Waals surface area contributed by atoms with Crippen molar-refractivity contribution in [3.63, 3.8) is 0 Å². The van der Waals surface area contributed by atoms with Gasteiger partial charge in [-0.15, -0.1) is 0 Å². The molecule has 2 rings (SSSR count). The Morgan fingerprint density at radius 2 is 2.15 bits per heavy atom. The zero-order chi connectivity index (χ0) is 14.9. The molecule has 0 bridgehead atoms. The van der Waals surface area contributed by atoms with Crippen molar-refractivity contribution >= 4 is 29.4 Å². The number of piperazine rings is 1. The molecule has 8 heteroatoms. The number of rotatable bonds is 2. The smallest absolute Gasteiger partial charge is 0.328 e. The first-order chi connectivity index (χ1) is 9.40. The van der Waals surface area contributed by atoms with Crippen molar-refractivity contribution in [1.29, 1.82) is 0 Å². The summed E-state index contributed by atoms with van der Waals surface area (Å²) in [6.45, 7) is -0.646. The number of nitrogens with zero attached hydrogens (tertiary/aromatic N) is 1. The lowest BCUT2D eigenvalue weighted by Gasteiger charge is -2.32. The van der Waals surface area contributed by atoms with Crippen LogP contribution in [0.15, 0.2) is 18.2 Å². The van der Waals surface area contributed by atoms with Gasteiger partial charge in [0, 0.05) is 11.6 Å². The third kappa shape index (κ3) is 2.72. The second-order valence-electron chi connectivity index (χ2n) is 4.22. The van der Waals surface area contributed by atoms with Crippen LogP contribution in [-0.4, -0.2) is 46.9 Å². The number of aliphatic carboxylic acids is 1. The number of hydrogen-bond acceptors (Lipinski definition) is 3. The average molecular weight is 301 g/mol. The average Bonchev–Trinajstić information content (AvgIpc) is 2.37. The molecule has 1 aromatic carbocycles. The van der Waals surface area contributed by atoms with Crippen molar-refractivity contribution < 1.29 is 23.9 Å². The molecule has 106 valence electrons. The van der Waals surface area contributed by atoms with E-state index in [1.54, 1.807) is 0 Å². The van der Waals surface area contributed by atoms with Crippen molar-refractivity contribution in [3.8, 4) is 0 Å². The molecule has 1 atom stereocenters. The van der Waals surface area contributed by atoms with E-state index < -0.39 is 36.2 Å². The molecule has 0 saturated carbocycles. The van der Waals surface area contributed by atoms with Gasteiger partial charge in [-0.05, 0) is 18.2 Å². The van der Waals surface area contributed by atoms with Crippen molar-refractivity contribution in [2.45, 2.75) is 6.04 Å². The fraction of sp³-hybridized carbons (Fsp3) is 0.250. The maximum absolute atomic E-state index is 13.7. The van der Waals surface area contributed by atoms with Gasteiger partial charge in [-0.3, -0.25) is 9.59 Å². The normalized spacial score (nSPS) is 18.6. The number of nitrogens with one attached hydrogen (secondary N) is 1. The maximum Gasteiger partial charge on any atom is 0.328 e. The summed E-state index contributed by atoms with van der Waals surface area (Å²) < 4.78 is 13.7. The van der Waals surface area contributed by atoms with E-state index in [0.29, 0.717) is 0 Å².